The minimum absolute atomic E-state index is 0.0102. The molecule has 3 heterocycles. The van der Waals surface area contributed by atoms with Crippen molar-refractivity contribution in [3.63, 3.8) is 0 Å². The predicted octanol–water partition coefficient (Wildman–Crippen LogP) is 2.65. The first-order chi connectivity index (χ1) is 14.6. The Morgan fingerprint density at radius 1 is 1.03 bits per heavy atom. The molecule has 1 amide bonds. The standard InChI is InChI=1S/C21H23N5O4/c22-21(29)30-15-9-3-1-2-6-12-16(15)20(19-14(28)8-5-11-24-19)26-25-17(12)18-13(27)7-4-10-23-18/h4-5,7-8,10-12,15,26-28H,1-3,6,9H2,(H2,22,29). The number of pyridine rings is 2. The van der Waals surface area contributed by atoms with E-state index >= 15 is 0 Å². The number of nitrogens with two attached hydrogens (primary N) is 1. The number of fused-ring (bicyclic) bond motifs is 1. The fourth-order valence-electron chi connectivity index (χ4n) is 4.12. The second kappa shape index (κ2) is 8.40. The maximum Gasteiger partial charge on any atom is 0.405 e. The van der Waals surface area contributed by atoms with Crippen molar-refractivity contribution in [3.8, 4) is 11.5 Å². The van der Waals surface area contributed by atoms with Crippen molar-refractivity contribution < 1.29 is 19.7 Å². The van der Waals surface area contributed by atoms with Crippen LogP contribution < -0.4 is 11.2 Å². The second-order valence-corrected chi connectivity index (χ2v) is 7.30. The van der Waals surface area contributed by atoms with Gasteiger partial charge in [-0.25, -0.2) is 4.79 Å². The van der Waals surface area contributed by atoms with E-state index in [0.717, 1.165) is 24.8 Å². The molecule has 30 heavy (non-hydrogen) atoms. The Hall–Kier alpha value is -3.62. The van der Waals surface area contributed by atoms with Crippen molar-refractivity contribution in [1.82, 2.24) is 15.4 Å². The van der Waals surface area contributed by atoms with Gasteiger partial charge in [-0.2, -0.15) is 5.10 Å². The number of aromatic nitrogens is 2. The Kier molecular flexibility index (Phi) is 5.51. The third-order valence-electron chi connectivity index (χ3n) is 5.40. The van der Waals surface area contributed by atoms with Gasteiger partial charge in [0.15, 0.2) is 0 Å². The number of primary amides is 1. The van der Waals surface area contributed by atoms with Gasteiger partial charge in [-0.1, -0.05) is 12.8 Å². The monoisotopic (exact) mass is 409 g/mol. The summed E-state index contributed by atoms with van der Waals surface area (Å²) in [5, 5.41) is 25.3. The predicted molar refractivity (Wildman–Crippen MR) is 109 cm³/mol. The summed E-state index contributed by atoms with van der Waals surface area (Å²) in [5.41, 5.74) is 10.7. The van der Waals surface area contributed by atoms with Crippen LogP contribution in [0.15, 0.2) is 47.3 Å². The van der Waals surface area contributed by atoms with E-state index in [-0.39, 0.29) is 17.4 Å². The molecule has 0 spiro atoms. The third kappa shape index (κ3) is 3.78. The van der Waals surface area contributed by atoms with E-state index in [1.54, 1.807) is 30.6 Å². The van der Waals surface area contributed by atoms with Crippen molar-refractivity contribution in [2.75, 3.05) is 0 Å². The zero-order chi connectivity index (χ0) is 21.1. The van der Waals surface area contributed by atoms with Gasteiger partial charge in [-0.3, -0.25) is 15.4 Å². The van der Waals surface area contributed by atoms with E-state index in [2.05, 4.69) is 20.5 Å². The van der Waals surface area contributed by atoms with Crippen LogP contribution in [0.3, 0.4) is 0 Å². The average molecular weight is 409 g/mol. The fraction of sp³-hybridized carbons (Fsp3) is 0.333. The number of nitrogens with zero attached hydrogens (tertiary/aromatic N) is 3. The first kappa shape index (κ1) is 19.7. The van der Waals surface area contributed by atoms with Crippen molar-refractivity contribution >= 4 is 17.5 Å². The summed E-state index contributed by atoms with van der Waals surface area (Å²) in [4.78, 5) is 20.3. The van der Waals surface area contributed by atoms with Crippen LogP contribution in [-0.2, 0) is 4.74 Å². The van der Waals surface area contributed by atoms with Crippen LogP contribution in [0.4, 0.5) is 4.79 Å². The van der Waals surface area contributed by atoms with Gasteiger partial charge in [0.25, 0.3) is 0 Å². The highest BCUT2D eigenvalue weighted by molar-refractivity contribution is 6.06. The van der Waals surface area contributed by atoms with Gasteiger partial charge in [0, 0.05) is 23.9 Å². The number of hydrogen-bond donors (Lipinski definition) is 4. The highest BCUT2D eigenvalue weighted by atomic mass is 16.6. The smallest absolute Gasteiger partial charge is 0.405 e. The highest BCUT2D eigenvalue weighted by Crippen LogP contribution is 2.40. The number of rotatable bonds is 3. The molecule has 4 rings (SSSR count). The summed E-state index contributed by atoms with van der Waals surface area (Å²) in [6.45, 7) is 0. The van der Waals surface area contributed by atoms with E-state index < -0.39 is 12.2 Å². The summed E-state index contributed by atoms with van der Waals surface area (Å²) in [6.07, 6.45) is 5.69. The molecule has 0 aromatic carbocycles. The fourth-order valence-corrected chi connectivity index (χ4v) is 4.12. The number of carbonyl (C=O) groups excluding carboxylic acids is 1. The van der Waals surface area contributed by atoms with Crippen molar-refractivity contribution in [2.45, 2.75) is 38.2 Å². The lowest BCUT2D eigenvalue weighted by Crippen LogP contribution is -2.38. The van der Waals surface area contributed by atoms with Gasteiger partial charge >= 0.3 is 6.09 Å². The molecule has 2 aromatic rings. The van der Waals surface area contributed by atoms with Gasteiger partial charge < -0.3 is 20.7 Å². The highest BCUT2D eigenvalue weighted by Gasteiger charge is 2.38. The first-order valence-electron chi connectivity index (χ1n) is 9.88. The minimum Gasteiger partial charge on any atom is -0.506 e. The van der Waals surface area contributed by atoms with E-state index in [0.29, 0.717) is 35.6 Å². The lowest BCUT2D eigenvalue weighted by Gasteiger charge is -2.34. The number of aromatic hydroxyl groups is 2. The topological polar surface area (TPSA) is 143 Å². The van der Waals surface area contributed by atoms with Gasteiger partial charge in [0.2, 0.25) is 0 Å². The molecular weight excluding hydrogens is 386 g/mol. The Morgan fingerprint density at radius 3 is 2.37 bits per heavy atom. The molecule has 5 N–H and O–H groups in total. The first-order valence-corrected chi connectivity index (χ1v) is 9.88. The zero-order valence-electron chi connectivity index (χ0n) is 16.3. The molecule has 0 bridgehead atoms. The van der Waals surface area contributed by atoms with Crippen LogP contribution in [0.1, 0.15) is 43.5 Å². The second-order valence-electron chi connectivity index (χ2n) is 7.30. The molecule has 2 unspecified atom stereocenters. The molecule has 0 saturated heterocycles. The molecule has 9 heteroatoms. The molecule has 1 aliphatic carbocycles. The van der Waals surface area contributed by atoms with Crippen molar-refractivity contribution in [1.29, 1.82) is 0 Å². The third-order valence-corrected chi connectivity index (χ3v) is 5.40. The number of nitrogens with one attached hydrogen (secondary N) is 1. The van der Waals surface area contributed by atoms with Gasteiger partial charge in [0.1, 0.15) is 29.0 Å². The Labute approximate surface area is 173 Å². The summed E-state index contributed by atoms with van der Waals surface area (Å²) < 4.78 is 5.50. The summed E-state index contributed by atoms with van der Waals surface area (Å²) in [5.74, 6) is -0.311. The van der Waals surface area contributed by atoms with Crippen LogP contribution in [0.25, 0.3) is 5.70 Å². The van der Waals surface area contributed by atoms with Crippen LogP contribution in [0.2, 0.25) is 0 Å². The molecule has 2 aliphatic rings. The van der Waals surface area contributed by atoms with E-state index in [1.807, 2.05) is 0 Å². The Balaban J connectivity index is 1.89. The molecule has 1 aliphatic heterocycles. The van der Waals surface area contributed by atoms with Crippen LogP contribution >= 0.6 is 0 Å². The quantitative estimate of drug-likeness (QED) is 0.610. The van der Waals surface area contributed by atoms with E-state index in [1.165, 1.54) is 6.07 Å². The van der Waals surface area contributed by atoms with Gasteiger partial charge in [0.05, 0.1) is 11.4 Å². The molecular formula is C21H23N5O4. The molecule has 1 saturated carbocycles. The SMILES string of the molecule is NC(=O)OC1CCCCCC2C(c3ncccc3O)=NNC(c3ncccc3O)=C12. The number of carbonyl (C=O) groups is 1. The van der Waals surface area contributed by atoms with E-state index in [4.69, 9.17) is 10.5 Å². The zero-order valence-corrected chi connectivity index (χ0v) is 16.3. The molecule has 2 atom stereocenters. The minimum atomic E-state index is -0.874. The lowest BCUT2D eigenvalue weighted by atomic mass is 9.78. The molecule has 2 aromatic heterocycles. The normalized spacial score (nSPS) is 21.5. The molecule has 9 nitrogen and oxygen atoms in total. The molecule has 1 fully saturated rings. The molecule has 156 valence electrons. The van der Waals surface area contributed by atoms with E-state index in [9.17, 15) is 15.0 Å². The van der Waals surface area contributed by atoms with Crippen molar-refractivity contribution in [2.24, 2.45) is 16.8 Å². The summed E-state index contributed by atoms with van der Waals surface area (Å²) in [7, 11) is 0. The van der Waals surface area contributed by atoms with Crippen LogP contribution in [0, 0.1) is 5.92 Å². The van der Waals surface area contributed by atoms with Crippen LogP contribution in [0.5, 0.6) is 11.5 Å². The largest absolute Gasteiger partial charge is 0.506 e. The Morgan fingerprint density at radius 2 is 1.70 bits per heavy atom. The number of hydrogen-bond acceptors (Lipinski definition) is 8. The average Bonchev–Trinajstić information content (AvgIpc) is 2.71. The number of amides is 1. The number of hydrazone groups is 1. The maximum atomic E-state index is 11.7. The van der Waals surface area contributed by atoms with Crippen molar-refractivity contribution in [3.05, 3.63) is 53.6 Å². The van der Waals surface area contributed by atoms with Gasteiger partial charge in [-0.15, -0.1) is 0 Å². The van der Waals surface area contributed by atoms with Crippen LogP contribution in [-0.4, -0.2) is 38.1 Å². The molecule has 0 radical (unpaired) electrons. The number of ether oxygens (including phenoxy) is 1. The lowest BCUT2D eigenvalue weighted by molar-refractivity contribution is 0.111. The summed E-state index contributed by atoms with van der Waals surface area (Å²) >= 11 is 0. The Bertz CT molecular complexity index is 1020. The van der Waals surface area contributed by atoms with Gasteiger partial charge in [-0.05, 0) is 43.5 Å². The maximum absolute atomic E-state index is 11.7. The summed E-state index contributed by atoms with van der Waals surface area (Å²) in [6, 6.07) is 6.35.